The minimum absolute atomic E-state index is 0.331. The fourth-order valence-corrected chi connectivity index (χ4v) is 2.36. The van der Waals surface area contributed by atoms with Crippen LogP contribution >= 0.6 is 0 Å². The van der Waals surface area contributed by atoms with Gasteiger partial charge in [0.1, 0.15) is 12.2 Å². The number of aromatic nitrogens is 3. The van der Waals surface area contributed by atoms with Crippen LogP contribution < -0.4 is 4.74 Å². The molecule has 114 valence electrons. The molecule has 2 heterocycles. The maximum atomic E-state index is 5.71. The average molecular weight is 307 g/mol. The van der Waals surface area contributed by atoms with E-state index in [1.54, 1.807) is 7.11 Å². The molecule has 2 aromatic heterocycles. The molecule has 0 fully saturated rings. The smallest absolute Gasteiger partial charge is 0.247 e. The molecular formula is C17H13N3O3. The van der Waals surface area contributed by atoms with Crippen molar-refractivity contribution in [3.05, 3.63) is 60.3 Å². The number of methoxy groups -OCH3 is 1. The Labute approximate surface area is 131 Å². The normalized spacial score (nSPS) is 11.0. The largest absolute Gasteiger partial charge is 0.494 e. The van der Waals surface area contributed by atoms with E-state index < -0.39 is 0 Å². The van der Waals surface area contributed by atoms with Gasteiger partial charge in [0.15, 0.2) is 11.1 Å². The van der Waals surface area contributed by atoms with E-state index in [9.17, 15) is 0 Å². The van der Waals surface area contributed by atoms with E-state index in [1.807, 2.05) is 48.5 Å². The minimum atomic E-state index is 0.331. The van der Waals surface area contributed by atoms with Gasteiger partial charge in [0.2, 0.25) is 17.7 Å². The lowest BCUT2D eigenvalue weighted by Crippen LogP contribution is -1.88. The van der Waals surface area contributed by atoms with Gasteiger partial charge in [-0.05, 0) is 24.3 Å². The van der Waals surface area contributed by atoms with Crippen LogP contribution in [0.15, 0.2) is 57.4 Å². The Balaban J connectivity index is 1.63. The number of hydrogen-bond donors (Lipinski definition) is 0. The number of fused-ring (bicyclic) bond motifs is 1. The van der Waals surface area contributed by atoms with Crippen molar-refractivity contribution >= 4 is 11.1 Å². The van der Waals surface area contributed by atoms with Crippen LogP contribution in [0.3, 0.4) is 0 Å². The molecule has 0 N–H and O–H groups in total. The Hall–Kier alpha value is -3.15. The molecule has 0 amide bonds. The third-order valence-corrected chi connectivity index (χ3v) is 3.44. The van der Waals surface area contributed by atoms with Gasteiger partial charge in [-0.3, -0.25) is 0 Å². The summed E-state index contributed by atoms with van der Waals surface area (Å²) in [6.07, 6.45) is 0.331. The van der Waals surface area contributed by atoms with Gasteiger partial charge in [-0.1, -0.05) is 24.3 Å². The molecule has 0 saturated heterocycles. The Morgan fingerprint density at radius 1 is 0.913 bits per heavy atom. The highest BCUT2D eigenvalue weighted by atomic mass is 16.5. The Bertz CT molecular complexity index is 944. The summed E-state index contributed by atoms with van der Waals surface area (Å²) >= 11 is 0. The van der Waals surface area contributed by atoms with Crippen LogP contribution in [-0.2, 0) is 6.42 Å². The van der Waals surface area contributed by atoms with Crippen LogP contribution in [0.1, 0.15) is 11.8 Å². The fraction of sp³-hybridized carbons (Fsp3) is 0.118. The highest BCUT2D eigenvalue weighted by Gasteiger charge is 2.14. The molecule has 4 aromatic rings. The molecule has 0 spiro atoms. The van der Waals surface area contributed by atoms with Crippen molar-refractivity contribution in [2.75, 3.05) is 7.11 Å². The van der Waals surface area contributed by atoms with E-state index in [0.717, 1.165) is 5.56 Å². The van der Waals surface area contributed by atoms with E-state index in [0.29, 0.717) is 40.9 Å². The second-order valence-electron chi connectivity index (χ2n) is 4.96. The standard InChI is InChI=1S/C17H13N3O3/c1-21-12-8-5-9-13-16(12)18-14(22-13)10-15-19-20-17(23-15)11-6-3-2-4-7-11/h2-9H,10H2,1H3. The summed E-state index contributed by atoms with van der Waals surface area (Å²) in [7, 11) is 1.60. The molecule has 0 atom stereocenters. The Kier molecular flexibility index (Phi) is 3.27. The molecule has 6 nitrogen and oxygen atoms in total. The lowest BCUT2D eigenvalue weighted by molar-refractivity contribution is 0.419. The molecule has 0 radical (unpaired) electrons. The van der Waals surface area contributed by atoms with Crippen molar-refractivity contribution in [2.24, 2.45) is 0 Å². The van der Waals surface area contributed by atoms with E-state index in [2.05, 4.69) is 15.2 Å². The second kappa shape index (κ2) is 5.57. The summed E-state index contributed by atoms with van der Waals surface area (Å²) in [4.78, 5) is 4.44. The lowest BCUT2D eigenvalue weighted by Gasteiger charge is -1.96. The van der Waals surface area contributed by atoms with Crippen LogP contribution in [0.5, 0.6) is 5.75 Å². The maximum Gasteiger partial charge on any atom is 0.247 e. The third-order valence-electron chi connectivity index (χ3n) is 3.44. The number of hydrogen-bond acceptors (Lipinski definition) is 6. The van der Waals surface area contributed by atoms with Crippen molar-refractivity contribution in [3.8, 4) is 17.2 Å². The zero-order valence-corrected chi connectivity index (χ0v) is 12.4. The molecule has 6 heteroatoms. The van der Waals surface area contributed by atoms with Crippen molar-refractivity contribution < 1.29 is 13.6 Å². The first-order valence-electron chi connectivity index (χ1n) is 7.14. The van der Waals surface area contributed by atoms with Gasteiger partial charge in [0.25, 0.3) is 0 Å². The summed E-state index contributed by atoms with van der Waals surface area (Å²) in [5, 5.41) is 8.11. The molecule has 0 aliphatic carbocycles. The fourth-order valence-electron chi connectivity index (χ4n) is 2.36. The van der Waals surface area contributed by atoms with Crippen LogP contribution in [0.2, 0.25) is 0 Å². The highest BCUT2D eigenvalue weighted by molar-refractivity contribution is 5.79. The van der Waals surface area contributed by atoms with Crippen LogP contribution in [-0.4, -0.2) is 22.3 Å². The van der Waals surface area contributed by atoms with Crippen molar-refractivity contribution in [3.63, 3.8) is 0 Å². The first kappa shape index (κ1) is 13.5. The molecule has 0 saturated carbocycles. The highest BCUT2D eigenvalue weighted by Crippen LogP contribution is 2.26. The van der Waals surface area contributed by atoms with Crippen molar-refractivity contribution in [2.45, 2.75) is 6.42 Å². The topological polar surface area (TPSA) is 74.2 Å². The Morgan fingerprint density at radius 3 is 2.61 bits per heavy atom. The zero-order valence-electron chi connectivity index (χ0n) is 12.4. The van der Waals surface area contributed by atoms with Crippen LogP contribution in [0.4, 0.5) is 0 Å². The molecular weight excluding hydrogens is 294 g/mol. The number of rotatable bonds is 4. The zero-order chi connectivity index (χ0) is 15.6. The number of para-hydroxylation sites is 1. The van der Waals surface area contributed by atoms with E-state index in [-0.39, 0.29) is 0 Å². The second-order valence-corrected chi connectivity index (χ2v) is 4.96. The lowest BCUT2D eigenvalue weighted by atomic mass is 10.2. The van der Waals surface area contributed by atoms with Crippen LogP contribution in [0.25, 0.3) is 22.6 Å². The van der Waals surface area contributed by atoms with E-state index in [4.69, 9.17) is 13.6 Å². The van der Waals surface area contributed by atoms with Gasteiger partial charge in [-0.2, -0.15) is 0 Å². The number of oxazole rings is 1. The quantitative estimate of drug-likeness (QED) is 0.574. The maximum absolute atomic E-state index is 5.71. The third kappa shape index (κ3) is 2.55. The van der Waals surface area contributed by atoms with E-state index in [1.165, 1.54) is 0 Å². The van der Waals surface area contributed by atoms with Gasteiger partial charge in [0, 0.05) is 5.56 Å². The van der Waals surface area contributed by atoms with E-state index >= 15 is 0 Å². The average Bonchev–Trinajstić information content (AvgIpc) is 3.22. The molecule has 0 aliphatic rings. The predicted octanol–water partition coefficient (Wildman–Crippen LogP) is 3.48. The molecule has 0 aliphatic heterocycles. The molecule has 2 aromatic carbocycles. The van der Waals surface area contributed by atoms with Gasteiger partial charge < -0.3 is 13.6 Å². The summed E-state index contributed by atoms with van der Waals surface area (Å²) < 4.78 is 16.7. The number of ether oxygens (including phenoxy) is 1. The first-order chi connectivity index (χ1) is 11.3. The monoisotopic (exact) mass is 307 g/mol. The van der Waals surface area contributed by atoms with Crippen molar-refractivity contribution in [1.29, 1.82) is 0 Å². The Morgan fingerprint density at radius 2 is 1.78 bits per heavy atom. The molecule has 0 unspecified atom stereocenters. The summed E-state index contributed by atoms with van der Waals surface area (Å²) in [6.45, 7) is 0. The van der Waals surface area contributed by atoms with Gasteiger partial charge >= 0.3 is 0 Å². The first-order valence-corrected chi connectivity index (χ1v) is 7.14. The van der Waals surface area contributed by atoms with Gasteiger partial charge in [-0.25, -0.2) is 4.98 Å². The predicted molar refractivity (Wildman–Crippen MR) is 83.1 cm³/mol. The van der Waals surface area contributed by atoms with Gasteiger partial charge in [-0.15, -0.1) is 10.2 Å². The SMILES string of the molecule is COc1cccc2oc(Cc3nnc(-c4ccccc4)o3)nc12. The molecule has 4 rings (SSSR count). The van der Waals surface area contributed by atoms with Gasteiger partial charge in [0.05, 0.1) is 7.11 Å². The van der Waals surface area contributed by atoms with Crippen LogP contribution in [0, 0.1) is 0 Å². The summed E-state index contributed by atoms with van der Waals surface area (Å²) in [6, 6.07) is 15.2. The summed E-state index contributed by atoms with van der Waals surface area (Å²) in [5.41, 5.74) is 2.24. The number of nitrogens with zero attached hydrogens (tertiary/aromatic N) is 3. The van der Waals surface area contributed by atoms with Crippen molar-refractivity contribution in [1.82, 2.24) is 15.2 Å². The minimum Gasteiger partial charge on any atom is -0.494 e. The summed E-state index contributed by atoms with van der Waals surface area (Å²) in [5.74, 6) is 2.12. The molecule has 23 heavy (non-hydrogen) atoms. The number of benzene rings is 2. The molecule has 0 bridgehead atoms.